The number of anilines is 3. The van der Waals surface area contributed by atoms with Crippen molar-refractivity contribution >= 4 is 44.8 Å². The van der Waals surface area contributed by atoms with Gasteiger partial charge in [0.2, 0.25) is 5.91 Å². The van der Waals surface area contributed by atoms with E-state index in [1.165, 1.54) is 29.8 Å². The van der Waals surface area contributed by atoms with Crippen LogP contribution in [0, 0.1) is 23.6 Å². The van der Waals surface area contributed by atoms with Crippen LogP contribution in [0.1, 0.15) is 52.8 Å². The SMILES string of the molecule is [CH2]C(N(CCCOc1cc2ncnc(Nc3ncc(CC(=O)Nc4cccc(F)c4)s3)c2cc1OC)CCOC)(C(C)(C)C)C(C)(C)C. The average molecular weight is 680 g/mol. The second-order valence-corrected chi connectivity index (χ2v) is 14.9. The molecule has 48 heavy (non-hydrogen) atoms. The number of hydrogen-bond acceptors (Lipinski definition) is 10. The van der Waals surface area contributed by atoms with Crippen LogP contribution >= 0.6 is 11.3 Å². The molecule has 0 fully saturated rings. The molecule has 0 aliphatic heterocycles. The van der Waals surface area contributed by atoms with Crippen LogP contribution in [0.2, 0.25) is 0 Å². The number of nitrogens with zero attached hydrogens (tertiary/aromatic N) is 4. The number of amides is 1. The lowest BCUT2D eigenvalue weighted by Crippen LogP contribution is -2.63. The van der Waals surface area contributed by atoms with Gasteiger partial charge in [-0.3, -0.25) is 9.69 Å². The van der Waals surface area contributed by atoms with Gasteiger partial charge in [-0.2, -0.15) is 0 Å². The minimum absolute atomic E-state index is 0.0775. The zero-order chi connectivity index (χ0) is 35.1. The summed E-state index contributed by atoms with van der Waals surface area (Å²) in [5.74, 6) is 1.01. The van der Waals surface area contributed by atoms with Gasteiger partial charge in [-0.15, -0.1) is 11.3 Å². The van der Waals surface area contributed by atoms with Crippen LogP contribution in [0.3, 0.4) is 0 Å². The molecule has 4 rings (SSSR count). The highest BCUT2D eigenvalue weighted by Crippen LogP contribution is 2.47. The van der Waals surface area contributed by atoms with Gasteiger partial charge in [0.1, 0.15) is 18.0 Å². The third-order valence-electron chi connectivity index (χ3n) is 8.56. The quantitative estimate of drug-likeness (QED) is 0.123. The first-order chi connectivity index (χ1) is 22.7. The number of methoxy groups -OCH3 is 2. The molecule has 10 nitrogen and oxygen atoms in total. The Balaban J connectivity index is 1.43. The van der Waals surface area contributed by atoms with E-state index in [1.54, 1.807) is 32.5 Å². The summed E-state index contributed by atoms with van der Waals surface area (Å²) >= 11 is 1.33. The maximum absolute atomic E-state index is 13.5. The van der Waals surface area contributed by atoms with E-state index >= 15 is 0 Å². The molecule has 1 radical (unpaired) electrons. The van der Waals surface area contributed by atoms with Crippen molar-refractivity contribution in [3.63, 3.8) is 0 Å². The van der Waals surface area contributed by atoms with Crippen molar-refractivity contribution in [3.8, 4) is 11.5 Å². The number of carbonyl (C=O) groups excluding carboxylic acids is 1. The Hall–Kier alpha value is -3.87. The predicted octanol–water partition coefficient (Wildman–Crippen LogP) is 7.54. The average Bonchev–Trinajstić information content (AvgIpc) is 3.45. The standard InChI is InChI=1S/C36H48FN6O4S/c1-34(2,3)36(7,35(4,5)6)43(15-17-45-8)14-11-16-47-30-21-28-27(20-29(30)46-9)32(40-23-39-28)42-33-38-22-26(48-33)19-31(44)41-25-13-10-12-24(37)18-25/h10,12-13,18,20-23H,7,11,14-17,19H2,1-6,8-9H3,(H,41,44)(H,38,39,40,42). The highest BCUT2D eigenvalue weighted by atomic mass is 32.1. The molecule has 0 spiro atoms. The summed E-state index contributed by atoms with van der Waals surface area (Å²) < 4.78 is 30.9. The number of hydrogen-bond donors (Lipinski definition) is 2. The molecule has 1 amide bonds. The predicted molar refractivity (Wildman–Crippen MR) is 191 cm³/mol. The second kappa shape index (κ2) is 15.6. The molecule has 2 aromatic heterocycles. The second-order valence-electron chi connectivity index (χ2n) is 13.8. The fourth-order valence-electron chi connectivity index (χ4n) is 6.12. The van der Waals surface area contributed by atoms with Crippen molar-refractivity contribution in [2.24, 2.45) is 10.8 Å². The number of aromatic nitrogens is 3. The molecule has 2 aromatic carbocycles. The number of ether oxygens (including phenoxy) is 3. The van der Waals surface area contributed by atoms with Crippen LogP contribution in [0.15, 0.2) is 48.9 Å². The third kappa shape index (κ3) is 8.77. The van der Waals surface area contributed by atoms with E-state index in [9.17, 15) is 9.18 Å². The number of halogens is 1. The molecule has 0 bridgehead atoms. The molecule has 0 aliphatic rings. The van der Waals surface area contributed by atoms with Gasteiger partial charge in [0, 0.05) is 54.0 Å². The number of nitrogens with one attached hydrogen (secondary N) is 2. The lowest BCUT2D eigenvalue weighted by atomic mass is 9.60. The van der Waals surface area contributed by atoms with E-state index in [2.05, 4.69) is 72.0 Å². The van der Waals surface area contributed by atoms with Gasteiger partial charge in [-0.1, -0.05) is 47.6 Å². The van der Waals surface area contributed by atoms with Crippen LogP contribution < -0.4 is 20.1 Å². The van der Waals surface area contributed by atoms with E-state index in [-0.39, 0.29) is 28.7 Å². The topological polar surface area (TPSA) is 111 Å². The Morgan fingerprint density at radius 3 is 2.40 bits per heavy atom. The molecule has 0 saturated carbocycles. The van der Waals surface area contributed by atoms with Crippen molar-refractivity contribution in [2.45, 2.75) is 59.9 Å². The van der Waals surface area contributed by atoms with Gasteiger partial charge in [-0.25, -0.2) is 19.3 Å². The molecule has 0 unspecified atom stereocenters. The van der Waals surface area contributed by atoms with E-state index in [1.807, 2.05) is 12.1 Å². The number of fused-ring (bicyclic) bond motifs is 1. The van der Waals surface area contributed by atoms with Crippen LogP contribution in [-0.4, -0.2) is 71.8 Å². The van der Waals surface area contributed by atoms with Gasteiger partial charge in [0.05, 0.1) is 32.3 Å². The monoisotopic (exact) mass is 679 g/mol. The highest BCUT2D eigenvalue weighted by molar-refractivity contribution is 7.15. The fourth-order valence-corrected chi connectivity index (χ4v) is 6.93. The van der Waals surface area contributed by atoms with Crippen molar-refractivity contribution in [2.75, 3.05) is 51.2 Å². The molecule has 0 saturated heterocycles. The van der Waals surface area contributed by atoms with Crippen molar-refractivity contribution in [1.29, 1.82) is 0 Å². The smallest absolute Gasteiger partial charge is 0.229 e. The lowest BCUT2D eigenvalue weighted by Gasteiger charge is -2.57. The van der Waals surface area contributed by atoms with Gasteiger partial charge in [-0.05, 0) is 48.4 Å². The van der Waals surface area contributed by atoms with E-state index in [4.69, 9.17) is 21.1 Å². The minimum atomic E-state index is -0.414. The van der Waals surface area contributed by atoms with Gasteiger partial charge in [0.15, 0.2) is 16.6 Å². The van der Waals surface area contributed by atoms with Gasteiger partial charge >= 0.3 is 0 Å². The largest absolute Gasteiger partial charge is 0.493 e. The summed E-state index contributed by atoms with van der Waals surface area (Å²) in [4.78, 5) is 29.0. The number of benzene rings is 2. The number of rotatable bonds is 15. The molecule has 2 heterocycles. The number of thiazole rings is 1. The maximum atomic E-state index is 13.5. The first-order valence-corrected chi connectivity index (χ1v) is 16.8. The first kappa shape index (κ1) is 37.0. The summed E-state index contributed by atoms with van der Waals surface area (Å²) in [6.45, 7) is 20.9. The van der Waals surface area contributed by atoms with Gasteiger partial charge in [0.25, 0.3) is 0 Å². The summed E-state index contributed by atoms with van der Waals surface area (Å²) in [5, 5.41) is 7.24. The van der Waals surface area contributed by atoms with E-state index < -0.39 is 5.82 Å². The normalized spacial score (nSPS) is 12.4. The van der Waals surface area contributed by atoms with Crippen molar-refractivity contribution < 1.29 is 23.4 Å². The molecule has 0 atom stereocenters. The van der Waals surface area contributed by atoms with Crippen molar-refractivity contribution in [3.05, 3.63) is 66.5 Å². The molecule has 259 valence electrons. The van der Waals surface area contributed by atoms with Crippen molar-refractivity contribution in [1.82, 2.24) is 19.9 Å². The Labute approximate surface area is 287 Å². The zero-order valence-corrected chi connectivity index (χ0v) is 30.1. The van der Waals surface area contributed by atoms with E-state index in [0.29, 0.717) is 46.9 Å². The zero-order valence-electron chi connectivity index (χ0n) is 29.3. The maximum Gasteiger partial charge on any atom is 0.229 e. The first-order valence-electron chi connectivity index (χ1n) is 16.0. The highest BCUT2D eigenvalue weighted by Gasteiger charge is 2.50. The summed E-state index contributed by atoms with van der Waals surface area (Å²) in [7, 11) is 3.33. The van der Waals surface area contributed by atoms with Crippen LogP contribution in [-0.2, 0) is 16.0 Å². The van der Waals surface area contributed by atoms with Crippen LogP contribution in [0.25, 0.3) is 10.9 Å². The molecule has 4 aromatic rings. The van der Waals surface area contributed by atoms with E-state index in [0.717, 1.165) is 29.8 Å². The Kier molecular flexibility index (Phi) is 12.0. The summed E-state index contributed by atoms with van der Waals surface area (Å²) in [5.41, 5.74) is 0.580. The Morgan fingerprint density at radius 2 is 1.73 bits per heavy atom. The Morgan fingerprint density at radius 1 is 0.979 bits per heavy atom. The minimum Gasteiger partial charge on any atom is -0.493 e. The molecule has 12 heteroatoms. The molecule has 2 N–H and O–H groups in total. The summed E-state index contributed by atoms with van der Waals surface area (Å²) in [6, 6.07) is 9.48. The van der Waals surface area contributed by atoms with Crippen LogP contribution in [0.5, 0.6) is 11.5 Å². The fraction of sp³-hybridized carbons (Fsp3) is 0.472. The number of carbonyl (C=O) groups is 1. The molecule has 0 aliphatic carbocycles. The lowest BCUT2D eigenvalue weighted by molar-refractivity contribution is -0.115. The molecular formula is C36H48FN6O4S. The molecular weight excluding hydrogens is 631 g/mol. The third-order valence-corrected chi connectivity index (χ3v) is 9.47. The van der Waals surface area contributed by atoms with Gasteiger partial charge < -0.3 is 24.8 Å². The van der Waals surface area contributed by atoms with Crippen LogP contribution in [0.4, 0.5) is 21.0 Å². The summed E-state index contributed by atoms with van der Waals surface area (Å²) in [6.07, 6.45) is 3.98. The Bertz CT molecular complexity index is 1670.